The summed E-state index contributed by atoms with van der Waals surface area (Å²) in [5.74, 6) is 1.50. The first-order valence-electron chi connectivity index (χ1n) is 8.24. The van der Waals surface area contributed by atoms with Crippen LogP contribution in [0.3, 0.4) is 0 Å². The highest BCUT2D eigenvalue weighted by Gasteiger charge is 2.00. The lowest BCUT2D eigenvalue weighted by atomic mass is 10.1. The van der Waals surface area contributed by atoms with Crippen LogP contribution in [0.5, 0.6) is 11.5 Å². The van der Waals surface area contributed by atoms with Gasteiger partial charge in [-0.05, 0) is 41.5 Å². The van der Waals surface area contributed by atoms with Gasteiger partial charge in [0.2, 0.25) is 0 Å². The fourth-order valence-corrected chi connectivity index (χ4v) is 2.48. The molecule has 0 heterocycles. The zero-order chi connectivity index (χ0) is 18.2. The molecule has 4 heteroatoms. The molecule has 0 aliphatic heterocycles. The minimum absolute atomic E-state index is 0.748. The number of nitrogens with zero attached hydrogens (tertiary/aromatic N) is 2. The van der Waals surface area contributed by atoms with Crippen molar-refractivity contribution in [1.29, 1.82) is 0 Å². The largest absolute Gasteiger partial charge is 0.494 e. The summed E-state index contributed by atoms with van der Waals surface area (Å²) in [6.07, 6.45) is 3.64. The van der Waals surface area contributed by atoms with E-state index in [-0.39, 0.29) is 0 Å². The second-order valence-corrected chi connectivity index (χ2v) is 5.53. The van der Waals surface area contributed by atoms with Gasteiger partial charge in [-0.25, -0.2) is 0 Å². The van der Waals surface area contributed by atoms with E-state index in [1.807, 2.05) is 85.2 Å². The molecule has 0 aliphatic rings. The molecule has 0 radical (unpaired) electrons. The molecule has 0 aliphatic carbocycles. The maximum Gasteiger partial charge on any atom is 0.144 e. The van der Waals surface area contributed by atoms with Crippen molar-refractivity contribution in [2.24, 2.45) is 9.98 Å². The predicted molar refractivity (Wildman–Crippen MR) is 107 cm³/mol. The lowest BCUT2D eigenvalue weighted by Gasteiger charge is -2.03. The standard InChI is InChI=1S/C22H20N2O2/c1-25-21-12-5-3-10-19(21)23-15-17-8-7-9-18(14-17)16-24-20-11-4-6-13-22(20)26-2/h3-16H,1-2H3. The summed E-state index contributed by atoms with van der Waals surface area (Å²) in [7, 11) is 3.28. The molecule has 0 atom stereocenters. The van der Waals surface area contributed by atoms with Crippen LogP contribution in [0, 0.1) is 0 Å². The number of hydrogen-bond donors (Lipinski definition) is 0. The smallest absolute Gasteiger partial charge is 0.144 e. The Hall–Kier alpha value is -3.40. The van der Waals surface area contributed by atoms with Gasteiger partial charge >= 0.3 is 0 Å². The summed E-state index contributed by atoms with van der Waals surface area (Å²) in [5, 5.41) is 0. The van der Waals surface area contributed by atoms with E-state index >= 15 is 0 Å². The van der Waals surface area contributed by atoms with Gasteiger partial charge in [0.05, 0.1) is 14.2 Å². The van der Waals surface area contributed by atoms with Crippen molar-refractivity contribution >= 4 is 23.8 Å². The second kappa shape index (κ2) is 8.62. The van der Waals surface area contributed by atoms with Gasteiger partial charge in [-0.2, -0.15) is 0 Å². The van der Waals surface area contributed by atoms with Gasteiger partial charge in [-0.1, -0.05) is 42.5 Å². The van der Waals surface area contributed by atoms with E-state index in [4.69, 9.17) is 9.47 Å². The normalized spacial score (nSPS) is 11.2. The first-order chi connectivity index (χ1) is 12.8. The van der Waals surface area contributed by atoms with Gasteiger partial charge in [0.15, 0.2) is 0 Å². The molecule has 0 saturated heterocycles. The topological polar surface area (TPSA) is 43.2 Å². The highest BCUT2D eigenvalue weighted by molar-refractivity contribution is 5.88. The van der Waals surface area contributed by atoms with Gasteiger partial charge < -0.3 is 9.47 Å². The summed E-state index contributed by atoms with van der Waals surface area (Å²) in [4.78, 5) is 9.04. The van der Waals surface area contributed by atoms with E-state index in [1.165, 1.54) is 0 Å². The molecule has 3 aromatic rings. The Morgan fingerprint density at radius 3 is 1.54 bits per heavy atom. The molecular weight excluding hydrogens is 324 g/mol. The maximum atomic E-state index is 5.32. The van der Waals surface area contributed by atoms with Crippen LogP contribution >= 0.6 is 0 Å². The van der Waals surface area contributed by atoms with E-state index in [2.05, 4.69) is 9.98 Å². The number of rotatable bonds is 6. The van der Waals surface area contributed by atoms with Crippen LogP contribution in [0.1, 0.15) is 11.1 Å². The van der Waals surface area contributed by atoms with Crippen molar-refractivity contribution in [2.45, 2.75) is 0 Å². The fraction of sp³-hybridized carbons (Fsp3) is 0.0909. The lowest BCUT2D eigenvalue weighted by Crippen LogP contribution is -1.87. The van der Waals surface area contributed by atoms with Crippen molar-refractivity contribution in [3.05, 3.63) is 83.9 Å². The third-order valence-corrected chi connectivity index (χ3v) is 3.79. The number of aliphatic imine (C=N–C) groups is 2. The number of methoxy groups -OCH3 is 2. The molecule has 0 unspecified atom stereocenters. The SMILES string of the molecule is COc1ccccc1N=Cc1cccc(C=Nc2ccccc2OC)c1. The first kappa shape index (κ1) is 17.4. The van der Waals surface area contributed by atoms with Crippen LogP contribution in [0.25, 0.3) is 0 Å². The van der Waals surface area contributed by atoms with Crippen molar-refractivity contribution in [2.75, 3.05) is 14.2 Å². The average molecular weight is 344 g/mol. The van der Waals surface area contributed by atoms with Crippen LogP contribution < -0.4 is 9.47 Å². The van der Waals surface area contributed by atoms with Gasteiger partial charge in [0.1, 0.15) is 22.9 Å². The average Bonchev–Trinajstić information content (AvgIpc) is 2.71. The van der Waals surface area contributed by atoms with E-state index in [9.17, 15) is 0 Å². The Morgan fingerprint density at radius 2 is 1.08 bits per heavy atom. The van der Waals surface area contributed by atoms with E-state index in [0.29, 0.717) is 0 Å². The van der Waals surface area contributed by atoms with Gasteiger partial charge in [-0.3, -0.25) is 9.98 Å². The zero-order valence-corrected chi connectivity index (χ0v) is 14.8. The molecule has 0 fully saturated rings. The molecule has 3 aromatic carbocycles. The van der Waals surface area contributed by atoms with Gasteiger partial charge in [0, 0.05) is 12.4 Å². The molecule has 130 valence electrons. The molecule has 0 saturated carbocycles. The lowest BCUT2D eigenvalue weighted by molar-refractivity contribution is 0.416. The summed E-state index contributed by atoms with van der Waals surface area (Å²) >= 11 is 0. The van der Waals surface area contributed by atoms with Gasteiger partial charge in [0.25, 0.3) is 0 Å². The summed E-state index contributed by atoms with van der Waals surface area (Å²) in [6, 6.07) is 23.3. The van der Waals surface area contributed by atoms with Crippen molar-refractivity contribution < 1.29 is 9.47 Å². The summed E-state index contributed by atoms with van der Waals surface area (Å²) in [6.45, 7) is 0. The molecule has 0 N–H and O–H groups in total. The molecule has 0 bridgehead atoms. The number of hydrogen-bond acceptors (Lipinski definition) is 4. The van der Waals surface area contributed by atoms with Crippen LogP contribution in [-0.4, -0.2) is 26.6 Å². The number of para-hydroxylation sites is 4. The second-order valence-electron chi connectivity index (χ2n) is 5.53. The minimum atomic E-state index is 0.748. The van der Waals surface area contributed by atoms with Crippen molar-refractivity contribution in [3.63, 3.8) is 0 Å². The Kier molecular flexibility index (Phi) is 5.78. The van der Waals surface area contributed by atoms with Crippen LogP contribution in [0.2, 0.25) is 0 Å². The summed E-state index contributed by atoms with van der Waals surface area (Å²) in [5.41, 5.74) is 3.56. The zero-order valence-electron chi connectivity index (χ0n) is 14.8. The van der Waals surface area contributed by atoms with Crippen LogP contribution in [0.15, 0.2) is 82.8 Å². The highest BCUT2D eigenvalue weighted by atomic mass is 16.5. The molecular formula is C22H20N2O2. The fourth-order valence-electron chi connectivity index (χ4n) is 2.48. The molecule has 0 aromatic heterocycles. The Bertz CT molecular complexity index is 860. The Labute approximate surface area is 153 Å². The third-order valence-electron chi connectivity index (χ3n) is 3.79. The molecule has 4 nitrogen and oxygen atoms in total. The number of benzene rings is 3. The summed E-state index contributed by atoms with van der Waals surface area (Å²) < 4.78 is 10.6. The molecule has 0 amide bonds. The Morgan fingerprint density at radius 1 is 0.615 bits per heavy atom. The molecule has 0 spiro atoms. The first-order valence-corrected chi connectivity index (χ1v) is 8.24. The number of ether oxygens (including phenoxy) is 2. The van der Waals surface area contributed by atoms with Gasteiger partial charge in [-0.15, -0.1) is 0 Å². The minimum Gasteiger partial charge on any atom is -0.494 e. The maximum absolute atomic E-state index is 5.32. The Balaban J connectivity index is 1.80. The van der Waals surface area contributed by atoms with Crippen molar-refractivity contribution in [3.8, 4) is 11.5 Å². The van der Waals surface area contributed by atoms with Crippen LogP contribution in [-0.2, 0) is 0 Å². The van der Waals surface area contributed by atoms with E-state index in [1.54, 1.807) is 14.2 Å². The van der Waals surface area contributed by atoms with Crippen LogP contribution in [0.4, 0.5) is 11.4 Å². The quantitative estimate of drug-likeness (QED) is 0.577. The third kappa shape index (κ3) is 4.36. The van der Waals surface area contributed by atoms with E-state index in [0.717, 1.165) is 34.0 Å². The molecule has 3 rings (SSSR count). The monoisotopic (exact) mass is 344 g/mol. The molecule has 26 heavy (non-hydrogen) atoms. The van der Waals surface area contributed by atoms with Crippen molar-refractivity contribution in [1.82, 2.24) is 0 Å². The highest BCUT2D eigenvalue weighted by Crippen LogP contribution is 2.27. The predicted octanol–water partition coefficient (Wildman–Crippen LogP) is 5.21. The van der Waals surface area contributed by atoms with E-state index < -0.39 is 0 Å².